The lowest BCUT2D eigenvalue weighted by Gasteiger charge is -2.21. The van der Waals surface area contributed by atoms with Gasteiger partial charge < -0.3 is 20.7 Å². The van der Waals surface area contributed by atoms with E-state index in [-0.39, 0.29) is 29.5 Å². The Hall–Kier alpha value is -1.02. The fraction of sp³-hybridized carbons (Fsp3) is 0.588. The van der Waals surface area contributed by atoms with Gasteiger partial charge in [-0.3, -0.25) is 4.99 Å². The van der Waals surface area contributed by atoms with E-state index in [9.17, 15) is 0 Å². The van der Waals surface area contributed by atoms with Crippen LogP contribution in [-0.4, -0.2) is 45.3 Å². The number of ether oxygens (including phenoxy) is 1. The molecule has 6 heteroatoms. The molecule has 23 heavy (non-hydrogen) atoms. The van der Waals surface area contributed by atoms with Crippen LogP contribution in [0.1, 0.15) is 26.3 Å². The van der Waals surface area contributed by atoms with Gasteiger partial charge in [0.1, 0.15) is 5.75 Å². The predicted octanol–water partition coefficient (Wildman–Crippen LogP) is 2.41. The van der Waals surface area contributed by atoms with Gasteiger partial charge in [-0.25, -0.2) is 0 Å². The average molecular weight is 434 g/mol. The van der Waals surface area contributed by atoms with Crippen LogP contribution in [0.25, 0.3) is 0 Å². The summed E-state index contributed by atoms with van der Waals surface area (Å²) in [5, 5.41) is 10.1. The lowest BCUT2D eigenvalue weighted by Crippen LogP contribution is -2.44. The third kappa shape index (κ3) is 10.4. The Morgan fingerprint density at radius 2 is 1.65 bits per heavy atom. The molecule has 5 nitrogen and oxygen atoms in total. The number of hydrogen-bond acceptors (Lipinski definition) is 3. The van der Waals surface area contributed by atoms with Gasteiger partial charge in [-0.2, -0.15) is 0 Å². The second-order valence-corrected chi connectivity index (χ2v) is 6.20. The molecule has 1 rings (SSSR count). The van der Waals surface area contributed by atoms with Crippen LogP contribution < -0.4 is 20.7 Å². The SMILES string of the molecule is CN=C(NCCNC(C)(C)C)NCCc1ccc(OC)cc1.I. The Balaban J connectivity index is 0.00000484. The quantitative estimate of drug-likeness (QED) is 0.267. The first-order chi connectivity index (χ1) is 10.4. The van der Waals surface area contributed by atoms with E-state index in [1.54, 1.807) is 14.2 Å². The van der Waals surface area contributed by atoms with Gasteiger partial charge in [-0.1, -0.05) is 12.1 Å². The van der Waals surface area contributed by atoms with Crippen LogP contribution in [0.4, 0.5) is 0 Å². The Labute approximate surface area is 157 Å². The Morgan fingerprint density at radius 3 is 2.17 bits per heavy atom. The van der Waals surface area contributed by atoms with Gasteiger partial charge >= 0.3 is 0 Å². The molecule has 0 atom stereocenters. The smallest absolute Gasteiger partial charge is 0.191 e. The van der Waals surface area contributed by atoms with Gasteiger partial charge in [0.2, 0.25) is 0 Å². The summed E-state index contributed by atoms with van der Waals surface area (Å²) in [5.74, 6) is 1.73. The topological polar surface area (TPSA) is 57.7 Å². The van der Waals surface area contributed by atoms with E-state index in [1.165, 1.54) is 5.56 Å². The monoisotopic (exact) mass is 434 g/mol. The first-order valence-electron chi connectivity index (χ1n) is 7.77. The highest BCUT2D eigenvalue weighted by Crippen LogP contribution is 2.11. The van der Waals surface area contributed by atoms with E-state index < -0.39 is 0 Å². The molecular formula is C17H31IN4O. The van der Waals surface area contributed by atoms with Crippen molar-refractivity contribution in [1.82, 2.24) is 16.0 Å². The van der Waals surface area contributed by atoms with Crippen molar-refractivity contribution in [1.29, 1.82) is 0 Å². The largest absolute Gasteiger partial charge is 0.497 e. The van der Waals surface area contributed by atoms with Gasteiger partial charge in [0.15, 0.2) is 5.96 Å². The summed E-state index contributed by atoms with van der Waals surface area (Å²) >= 11 is 0. The highest BCUT2D eigenvalue weighted by molar-refractivity contribution is 14.0. The molecular weight excluding hydrogens is 403 g/mol. The highest BCUT2D eigenvalue weighted by atomic mass is 127. The zero-order valence-electron chi connectivity index (χ0n) is 14.9. The minimum Gasteiger partial charge on any atom is -0.497 e. The van der Waals surface area contributed by atoms with Gasteiger partial charge in [0.25, 0.3) is 0 Å². The first-order valence-corrected chi connectivity index (χ1v) is 7.77. The summed E-state index contributed by atoms with van der Waals surface area (Å²) in [6.07, 6.45) is 0.949. The number of methoxy groups -OCH3 is 1. The Morgan fingerprint density at radius 1 is 1.04 bits per heavy atom. The van der Waals surface area contributed by atoms with Gasteiger partial charge in [0.05, 0.1) is 7.11 Å². The van der Waals surface area contributed by atoms with Crippen molar-refractivity contribution < 1.29 is 4.74 Å². The molecule has 0 aromatic heterocycles. The van der Waals surface area contributed by atoms with E-state index in [0.29, 0.717) is 0 Å². The summed E-state index contributed by atoms with van der Waals surface area (Å²) in [5.41, 5.74) is 1.42. The molecule has 0 aliphatic carbocycles. The number of halogens is 1. The number of rotatable bonds is 7. The molecule has 0 bridgehead atoms. The molecule has 0 saturated carbocycles. The van der Waals surface area contributed by atoms with Crippen molar-refractivity contribution in [3.63, 3.8) is 0 Å². The molecule has 0 unspecified atom stereocenters. The molecule has 132 valence electrons. The number of guanidine groups is 1. The first kappa shape index (κ1) is 22.0. The summed E-state index contributed by atoms with van der Waals surface area (Å²) in [4.78, 5) is 4.23. The number of aliphatic imine (C=N–C) groups is 1. The van der Waals surface area contributed by atoms with Crippen LogP contribution in [0, 0.1) is 0 Å². The molecule has 1 aromatic carbocycles. The molecule has 0 radical (unpaired) electrons. The maximum absolute atomic E-state index is 5.16. The van der Waals surface area contributed by atoms with Crippen molar-refractivity contribution in [3.05, 3.63) is 29.8 Å². The normalized spacial score (nSPS) is 11.6. The molecule has 0 aliphatic heterocycles. The molecule has 0 aliphatic rings. The number of nitrogens with zero attached hydrogens (tertiary/aromatic N) is 1. The van der Waals surface area contributed by atoms with Crippen LogP contribution in [0.3, 0.4) is 0 Å². The lowest BCUT2D eigenvalue weighted by atomic mass is 10.1. The van der Waals surface area contributed by atoms with Crippen molar-refractivity contribution >= 4 is 29.9 Å². The number of nitrogens with one attached hydrogen (secondary N) is 3. The van der Waals surface area contributed by atoms with Crippen molar-refractivity contribution in [2.24, 2.45) is 4.99 Å². The number of hydrogen-bond donors (Lipinski definition) is 3. The van der Waals surface area contributed by atoms with Crippen LogP contribution in [-0.2, 0) is 6.42 Å². The minimum absolute atomic E-state index is 0. The lowest BCUT2D eigenvalue weighted by molar-refractivity contribution is 0.414. The fourth-order valence-corrected chi connectivity index (χ4v) is 1.96. The molecule has 0 spiro atoms. The second kappa shape index (κ2) is 11.5. The third-order valence-electron chi connectivity index (χ3n) is 3.16. The highest BCUT2D eigenvalue weighted by Gasteiger charge is 2.07. The number of benzene rings is 1. The zero-order chi connectivity index (χ0) is 16.4. The van der Waals surface area contributed by atoms with E-state index in [1.807, 2.05) is 12.1 Å². The fourth-order valence-electron chi connectivity index (χ4n) is 1.96. The van der Waals surface area contributed by atoms with Crippen LogP contribution in [0.15, 0.2) is 29.3 Å². The minimum atomic E-state index is 0. The van der Waals surface area contributed by atoms with Gasteiger partial charge in [-0.15, -0.1) is 24.0 Å². The zero-order valence-corrected chi connectivity index (χ0v) is 17.2. The summed E-state index contributed by atoms with van der Waals surface area (Å²) < 4.78 is 5.16. The summed E-state index contributed by atoms with van der Waals surface area (Å²) in [6, 6.07) is 8.15. The predicted molar refractivity (Wildman–Crippen MR) is 109 cm³/mol. The Kier molecular flexibility index (Phi) is 11.0. The van der Waals surface area contributed by atoms with Crippen LogP contribution >= 0.6 is 24.0 Å². The molecule has 0 saturated heterocycles. The molecule has 0 heterocycles. The molecule has 1 aromatic rings. The van der Waals surface area contributed by atoms with E-state index in [0.717, 1.165) is 37.8 Å². The van der Waals surface area contributed by atoms with E-state index in [2.05, 4.69) is 53.8 Å². The maximum atomic E-state index is 5.16. The molecule has 0 fully saturated rings. The van der Waals surface area contributed by atoms with E-state index >= 15 is 0 Å². The van der Waals surface area contributed by atoms with Crippen molar-refractivity contribution in [2.45, 2.75) is 32.7 Å². The van der Waals surface area contributed by atoms with Crippen molar-refractivity contribution in [3.8, 4) is 5.75 Å². The van der Waals surface area contributed by atoms with Crippen LogP contribution in [0.5, 0.6) is 5.75 Å². The van der Waals surface area contributed by atoms with Gasteiger partial charge in [-0.05, 0) is 44.9 Å². The average Bonchev–Trinajstić information content (AvgIpc) is 2.49. The third-order valence-corrected chi connectivity index (χ3v) is 3.16. The van der Waals surface area contributed by atoms with Gasteiger partial charge in [0, 0.05) is 32.2 Å². The summed E-state index contributed by atoms with van der Waals surface area (Å²) in [6.45, 7) is 9.08. The van der Waals surface area contributed by atoms with Crippen molar-refractivity contribution in [2.75, 3.05) is 33.8 Å². The Bertz CT molecular complexity index is 455. The standard InChI is InChI=1S/C17H30N4O.HI/c1-17(2,3)21-13-12-20-16(18-4)19-11-10-14-6-8-15(22-5)9-7-14;/h6-9,21H,10-13H2,1-5H3,(H2,18,19,20);1H. The van der Waals surface area contributed by atoms with Crippen LogP contribution in [0.2, 0.25) is 0 Å². The molecule has 3 N–H and O–H groups in total. The maximum Gasteiger partial charge on any atom is 0.191 e. The second-order valence-electron chi connectivity index (χ2n) is 6.20. The summed E-state index contributed by atoms with van der Waals surface area (Å²) in [7, 11) is 3.47. The van der Waals surface area contributed by atoms with E-state index in [4.69, 9.17) is 4.74 Å². The molecule has 0 amide bonds.